The molecule has 2 heteroatoms. The molecule has 0 amide bonds. The second-order valence-electron chi connectivity index (χ2n) is 4.27. The van der Waals surface area contributed by atoms with Crippen LogP contribution >= 0.6 is 0 Å². The Hall–Kier alpha value is -1.44. The van der Waals surface area contributed by atoms with Crippen LogP contribution in [0.2, 0.25) is 0 Å². The summed E-state index contributed by atoms with van der Waals surface area (Å²) >= 11 is 0. The summed E-state index contributed by atoms with van der Waals surface area (Å²) in [4.78, 5) is 22.6. The maximum absolute atomic E-state index is 11.5. The zero-order chi connectivity index (χ0) is 12.5. The Labute approximate surface area is 103 Å². The lowest BCUT2D eigenvalue weighted by atomic mass is 10.0. The first kappa shape index (κ1) is 13.6. The van der Waals surface area contributed by atoms with Crippen molar-refractivity contribution in [2.45, 2.75) is 45.4 Å². The highest BCUT2D eigenvalue weighted by Crippen LogP contribution is 2.07. The highest BCUT2D eigenvalue weighted by molar-refractivity contribution is 5.85. The molecule has 0 atom stereocenters. The first-order valence-electron chi connectivity index (χ1n) is 6.29. The Morgan fingerprint density at radius 2 is 1.59 bits per heavy atom. The number of benzene rings is 1. The zero-order valence-electron chi connectivity index (χ0n) is 10.4. The lowest BCUT2D eigenvalue weighted by molar-refractivity contribution is -0.124. The molecule has 2 nitrogen and oxygen atoms in total. The molecule has 0 aliphatic heterocycles. The number of aryl methyl sites for hydroxylation is 1. The van der Waals surface area contributed by atoms with E-state index in [4.69, 9.17) is 0 Å². The minimum Gasteiger partial charge on any atom is -0.300 e. The fraction of sp³-hybridized carbons (Fsp3) is 0.467. The van der Waals surface area contributed by atoms with E-state index in [1.165, 1.54) is 5.56 Å². The van der Waals surface area contributed by atoms with Gasteiger partial charge in [-0.2, -0.15) is 0 Å². The fourth-order valence-electron chi connectivity index (χ4n) is 1.71. The summed E-state index contributed by atoms with van der Waals surface area (Å²) in [6, 6.07) is 10.2. The third kappa shape index (κ3) is 6.00. The normalized spacial score (nSPS) is 10.2. The third-order valence-electron chi connectivity index (χ3n) is 2.84. The van der Waals surface area contributed by atoms with Gasteiger partial charge in [0.25, 0.3) is 0 Å². The quantitative estimate of drug-likeness (QED) is 0.689. The van der Waals surface area contributed by atoms with Gasteiger partial charge in [-0.25, -0.2) is 0 Å². The molecule has 92 valence electrons. The van der Waals surface area contributed by atoms with Crippen molar-refractivity contribution >= 4 is 11.6 Å². The van der Waals surface area contributed by atoms with Gasteiger partial charge in [0, 0.05) is 25.7 Å². The summed E-state index contributed by atoms with van der Waals surface area (Å²) in [5, 5.41) is 0. The second kappa shape index (κ2) is 7.77. The molecular weight excluding hydrogens is 212 g/mol. The third-order valence-corrected chi connectivity index (χ3v) is 2.84. The average Bonchev–Trinajstić information content (AvgIpc) is 2.37. The molecule has 0 N–H and O–H groups in total. The average molecular weight is 232 g/mol. The number of hydrogen-bond donors (Lipinski definition) is 0. The first-order chi connectivity index (χ1) is 8.22. The first-order valence-corrected chi connectivity index (χ1v) is 6.29. The van der Waals surface area contributed by atoms with Crippen molar-refractivity contribution < 1.29 is 9.59 Å². The van der Waals surface area contributed by atoms with Crippen LogP contribution in [-0.4, -0.2) is 11.6 Å². The van der Waals surface area contributed by atoms with Gasteiger partial charge in [0.1, 0.15) is 11.6 Å². The molecule has 17 heavy (non-hydrogen) atoms. The molecule has 0 aliphatic carbocycles. The molecular formula is C15H20O2. The number of Topliss-reactive ketones (excluding diaryl/α,β-unsaturated/α-hetero) is 2. The van der Waals surface area contributed by atoms with Crippen molar-refractivity contribution in [3.8, 4) is 0 Å². The van der Waals surface area contributed by atoms with Crippen LogP contribution in [0.3, 0.4) is 0 Å². The maximum atomic E-state index is 11.5. The van der Waals surface area contributed by atoms with Gasteiger partial charge in [-0.3, -0.25) is 9.59 Å². The highest BCUT2D eigenvalue weighted by atomic mass is 16.1. The fourth-order valence-corrected chi connectivity index (χ4v) is 1.71. The van der Waals surface area contributed by atoms with E-state index >= 15 is 0 Å². The molecule has 0 spiro atoms. The molecule has 0 heterocycles. The SMILES string of the molecule is CCC(=O)CCC(=O)CCCc1ccccc1. The van der Waals surface area contributed by atoms with Crippen LogP contribution in [0.1, 0.15) is 44.6 Å². The number of carbonyl (C=O) groups is 2. The van der Waals surface area contributed by atoms with E-state index in [2.05, 4.69) is 12.1 Å². The largest absolute Gasteiger partial charge is 0.300 e. The van der Waals surface area contributed by atoms with Crippen LogP contribution in [0.5, 0.6) is 0 Å². The topological polar surface area (TPSA) is 34.1 Å². The summed E-state index contributed by atoms with van der Waals surface area (Å²) in [6.45, 7) is 1.84. The van der Waals surface area contributed by atoms with E-state index in [0.717, 1.165) is 12.8 Å². The minimum atomic E-state index is 0.182. The van der Waals surface area contributed by atoms with Crippen molar-refractivity contribution in [1.29, 1.82) is 0 Å². The molecule has 0 aromatic heterocycles. The van der Waals surface area contributed by atoms with Gasteiger partial charge < -0.3 is 0 Å². The van der Waals surface area contributed by atoms with Crippen molar-refractivity contribution in [3.05, 3.63) is 35.9 Å². The molecule has 1 rings (SSSR count). The Balaban J connectivity index is 2.14. The van der Waals surface area contributed by atoms with Crippen LogP contribution in [0.15, 0.2) is 30.3 Å². The van der Waals surface area contributed by atoms with Crippen molar-refractivity contribution in [3.63, 3.8) is 0 Å². The lowest BCUT2D eigenvalue weighted by Gasteiger charge is -2.01. The van der Waals surface area contributed by atoms with Gasteiger partial charge in [0.15, 0.2) is 0 Å². The number of hydrogen-bond acceptors (Lipinski definition) is 2. The monoisotopic (exact) mass is 232 g/mol. The van der Waals surface area contributed by atoms with Crippen LogP contribution in [0.25, 0.3) is 0 Å². The van der Waals surface area contributed by atoms with E-state index < -0.39 is 0 Å². The molecule has 0 fully saturated rings. The standard InChI is InChI=1S/C15H20O2/c1-2-14(16)11-12-15(17)10-6-9-13-7-4-3-5-8-13/h3-5,7-8H,2,6,9-12H2,1H3. The smallest absolute Gasteiger partial charge is 0.133 e. The van der Waals surface area contributed by atoms with Gasteiger partial charge in [0.05, 0.1) is 0 Å². The van der Waals surface area contributed by atoms with Crippen molar-refractivity contribution in [2.24, 2.45) is 0 Å². The summed E-state index contributed by atoms with van der Waals surface area (Å²) in [7, 11) is 0. The zero-order valence-corrected chi connectivity index (χ0v) is 10.4. The molecule has 0 bridgehead atoms. The number of rotatable bonds is 8. The number of carbonyl (C=O) groups excluding carboxylic acids is 2. The van der Waals surface area contributed by atoms with E-state index in [9.17, 15) is 9.59 Å². The summed E-state index contributed by atoms with van der Waals surface area (Å²) < 4.78 is 0. The number of ketones is 2. The minimum absolute atomic E-state index is 0.182. The summed E-state index contributed by atoms with van der Waals surface area (Å²) in [5.41, 5.74) is 1.27. The molecule has 0 saturated carbocycles. The Bertz CT molecular complexity index is 354. The highest BCUT2D eigenvalue weighted by Gasteiger charge is 2.05. The Morgan fingerprint density at radius 1 is 0.941 bits per heavy atom. The molecule has 0 saturated heterocycles. The molecule has 1 aromatic rings. The van der Waals surface area contributed by atoms with Crippen molar-refractivity contribution in [2.75, 3.05) is 0 Å². The van der Waals surface area contributed by atoms with Gasteiger partial charge in [-0.15, -0.1) is 0 Å². The molecule has 0 aliphatic rings. The Morgan fingerprint density at radius 3 is 2.24 bits per heavy atom. The lowest BCUT2D eigenvalue weighted by Crippen LogP contribution is -2.03. The van der Waals surface area contributed by atoms with Gasteiger partial charge in [-0.1, -0.05) is 37.3 Å². The summed E-state index contributed by atoms with van der Waals surface area (Å²) in [5.74, 6) is 0.393. The van der Waals surface area contributed by atoms with E-state index in [1.807, 2.05) is 25.1 Å². The molecule has 1 aromatic carbocycles. The predicted molar refractivity (Wildman–Crippen MR) is 68.9 cm³/mol. The summed E-state index contributed by atoms with van der Waals surface area (Å²) in [6.07, 6.45) is 3.78. The molecule has 0 unspecified atom stereocenters. The predicted octanol–water partition coefficient (Wildman–Crippen LogP) is 3.34. The van der Waals surface area contributed by atoms with Crippen molar-refractivity contribution in [1.82, 2.24) is 0 Å². The van der Waals surface area contributed by atoms with E-state index in [-0.39, 0.29) is 11.6 Å². The van der Waals surface area contributed by atoms with Gasteiger partial charge >= 0.3 is 0 Å². The van der Waals surface area contributed by atoms with E-state index in [1.54, 1.807) is 0 Å². The van der Waals surface area contributed by atoms with Crippen LogP contribution < -0.4 is 0 Å². The van der Waals surface area contributed by atoms with Crippen LogP contribution in [0.4, 0.5) is 0 Å². The van der Waals surface area contributed by atoms with E-state index in [0.29, 0.717) is 25.7 Å². The van der Waals surface area contributed by atoms with Crippen LogP contribution in [-0.2, 0) is 16.0 Å². The Kier molecular flexibility index (Phi) is 6.23. The second-order valence-corrected chi connectivity index (χ2v) is 4.27. The maximum Gasteiger partial charge on any atom is 0.133 e. The van der Waals surface area contributed by atoms with Gasteiger partial charge in [0.2, 0.25) is 0 Å². The van der Waals surface area contributed by atoms with Gasteiger partial charge in [-0.05, 0) is 18.4 Å². The van der Waals surface area contributed by atoms with Crippen LogP contribution in [0, 0.1) is 0 Å². The molecule has 0 radical (unpaired) electrons.